The zero-order chi connectivity index (χ0) is 16.8. The Bertz CT molecular complexity index is 916. The fourth-order valence-electron chi connectivity index (χ4n) is 3.55. The van der Waals surface area contributed by atoms with Gasteiger partial charge in [0, 0.05) is 37.9 Å². The van der Waals surface area contributed by atoms with Gasteiger partial charge in [-0.15, -0.1) is 11.3 Å². The molecule has 0 saturated carbocycles. The van der Waals surface area contributed by atoms with E-state index in [1.165, 1.54) is 0 Å². The fourth-order valence-corrected chi connectivity index (χ4v) is 4.45. The minimum Gasteiger partial charge on any atom is -0.481 e. The molecule has 1 aliphatic heterocycles. The number of pyridine rings is 1. The number of nitrogens with zero attached hydrogens (tertiary/aromatic N) is 4. The molecule has 0 amide bonds. The minimum atomic E-state index is -0.748. The summed E-state index contributed by atoms with van der Waals surface area (Å²) in [5.41, 5.74) is 4.10. The van der Waals surface area contributed by atoms with Crippen molar-refractivity contribution in [1.82, 2.24) is 14.8 Å². The van der Waals surface area contributed by atoms with Gasteiger partial charge in [-0.1, -0.05) is 0 Å². The maximum absolute atomic E-state index is 11.8. The summed E-state index contributed by atoms with van der Waals surface area (Å²) in [6.45, 7) is 3.18. The van der Waals surface area contributed by atoms with Crippen molar-refractivity contribution in [3.63, 3.8) is 0 Å². The number of rotatable bonds is 3. The van der Waals surface area contributed by atoms with Crippen LogP contribution in [0.5, 0.6) is 0 Å². The van der Waals surface area contributed by atoms with Crippen LogP contribution in [-0.4, -0.2) is 38.9 Å². The average molecular weight is 342 g/mol. The van der Waals surface area contributed by atoms with Crippen molar-refractivity contribution in [2.75, 3.05) is 18.0 Å². The standard InChI is InChI=1S/C17H18N4O2S/c1-10-11(7-19-20(10)2)12-8-21(9-13(12)17(22)23)15-3-5-18-14-4-6-24-16(14)15/h3-7,12-13H,8-9H2,1-2H3,(H,22,23)/t12-,13+/m0/s1. The second kappa shape index (κ2) is 5.59. The van der Waals surface area contributed by atoms with E-state index in [4.69, 9.17) is 0 Å². The largest absolute Gasteiger partial charge is 0.481 e. The zero-order valence-corrected chi connectivity index (χ0v) is 14.3. The molecule has 4 heterocycles. The Morgan fingerprint density at radius 2 is 2.21 bits per heavy atom. The minimum absolute atomic E-state index is 0.0561. The molecule has 6 nitrogen and oxygen atoms in total. The lowest BCUT2D eigenvalue weighted by molar-refractivity contribution is -0.141. The first kappa shape index (κ1) is 15.1. The molecule has 124 valence electrons. The quantitative estimate of drug-likeness (QED) is 0.792. The highest BCUT2D eigenvalue weighted by atomic mass is 32.1. The number of carboxylic acids is 1. The molecule has 0 radical (unpaired) electrons. The molecule has 4 rings (SSSR count). The molecular weight excluding hydrogens is 324 g/mol. The average Bonchev–Trinajstić information content (AvgIpc) is 3.26. The van der Waals surface area contributed by atoms with Gasteiger partial charge in [0.15, 0.2) is 0 Å². The molecule has 7 heteroatoms. The Balaban J connectivity index is 1.74. The highest BCUT2D eigenvalue weighted by Gasteiger charge is 2.40. The number of aromatic nitrogens is 3. The predicted octanol–water partition coefficient (Wildman–Crippen LogP) is 2.64. The van der Waals surface area contributed by atoms with E-state index in [9.17, 15) is 9.90 Å². The Morgan fingerprint density at radius 1 is 1.38 bits per heavy atom. The molecule has 0 aromatic carbocycles. The summed E-state index contributed by atoms with van der Waals surface area (Å²) in [7, 11) is 1.89. The van der Waals surface area contributed by atoms with Crippen molar-refractivity contribution >= 4 is 33.2 Å². The highest BCUT2D eigenvalue weighted by molar-refractivity contribution is 7.17. The number of aliphatic carboxylic acids is 1. The van der Waals surface area contributed by atoms with Gasteiger partial charge in [-0.25, -0.2) is 0 Å². The molecule has 24 heavy (non-hydrogen) atoms. The van der Waals surface area contributed by atoms with Crippen molar-refractivity contribution in [2.24, 2.45) is 13.0 Å². The van der Waals surface area contributed by atoms with E-state index in [2.05, 4.69) is 15.0 Å². The molecule has 1 aliphatic rings. The van der Waals surface area contributed by atoms with Crippen LogP contribution in [-0.2, 0) is 11.8 Å². The molecule has 1 N–H and O–H groups in total. The van der Waals surface area contributed by atoms with Crippen LogP contribution < -0.4 is 4.90 Å². The summed E-state index contributed by atoms with van der Waals surface area (Å²) in [5.74, 6) is -1.24. The number of carboxylic acid groups (broad SMARTS) is 1. The molecular formula is C17H18N4O2S. The van der Waals surface area contributed by atoms with E-state index in [1.54, 1.807) is 22.2 Å². The predicted molar refractivity (Wildman–Crippen MR) is 93.6 cm³/mol. The topological polar surface area (TPSA) is 71.2 Å². The third kappa shape index (κ3) is 2.27. The van der Waals surface area contributed by atoms with Crippen LogP contribution >= 0.6 is 11.3 Å². The lowest BCUT2D eigenvalue weighted by Gasteiger charge is -2.19. The monoisotopic (exact) mass is 342 g/mol. The fraction of sp³-hybridized carbons (Fsp3) is 0.353. The Labute approximate surface area is 143 Å². The van der Waals surface area contributed by atoms with Crippen molar-refractivity contribution in [1.29, 1.82) is 0 Å². The van der Waals surface area contributed by atoms with Gasteiger partial charge >= 0.3 is 5.97 Å². The van der Waals surface area contributed by atoms with E-state index in [0.29, 0.717) is 13.1 Å². The molecule has 3 aromatic heterocycles. The maximum Gasteiger partial charge on any atom is 0.308 e. The van der Waals surface area contributed by atoms with Gasteiger partial charge in [0.25, 0.3) is 0 Å². The van der Waals surface area contributed by atoms with Crippen molar-refractivity contribution in [3.8, 4) is 0 Å². The number of thiophene rings is 1. The van der Waals surface area contributed by atoms with Gasteiger partial charge in [0.05, 0.1) is 28.0 Å². The first-order valence-corrected chi connectivity index (χ1v) is 8.72. The molecule has 0 unspecified atom stereocenters. The van der Waals surface area contributed by atoms with Gasteiger partial charge in [0.2, 0.25) is 0 Å². The summed E-state index contributed by atoms with van der Waals surface area (Å²) < 4.78 is 2.92. The van der Waals surface area contributed by atoms with E-state index >= 15 is 0 Å². The van der Waals surface area contributed by atoms with Gasteiger partial charge in [-0.2, -0.15) is 5.10 Å². The van der Waals surface area contributed by atoms with Crippen LogP contribution in [0.3, 0.4) is 0 Å². The van der Waals surface area contributed by atoms with E-state index in [1.807, 2.05) is 37.7 Å². The van der Waals surface area contributed by atoms with Crippen LogP contribution in [0, 0.1) is 12.8 Å². The SMILES string of the molecule is Cc1c([C@@H]2CN(c3ccnc4ccsc34)C[C@H]2C(=O)O)cnn1C. The van der Waals surface area contributed by atoms with Gasteiger partial charge in [-0.3, -0.25) is 14.5 Å². The lowest BCUT2D eigenvalue weighted by atomic mass is 9.89. The van der Waals surface area contributed by atoms with Crippen LogP contribution in [0.1, 0.15) is 17.2 Å². The van der Waals surface area contributed by atoms with Gasteiger partial charge in [0.1, 0.15) is 0 Å². The van der Waals surface area contributed by atoms with Crippen LogP contribution in [0.25, 0.3) is 10.2 Å². The smallest absolute Gasteiger partial charge is 0.308 e. The number of anilines is 1. The molecule has 1 fully saturated rings. The zero-order valence-electron chi connectivity index (χ0n) is 13.5. The highest BCUT2D eigenvalue weighted by Crippen LogP contribution is 2.39. The first-order valence-electron chi connectivity index (χ1n) is 7.84. The molecule has 0 aliphatic carbocycles. The molecule has 3 aromatic rings. The van der Waals surface area contributed by atoms with Crippen LogP contribution in [0.2, 0.25) is 0 Å². The summed E-state index contributed by atoms with van der Waals surface area (Å²) in [4.78, 5) is 18.4. The molecule has 0 bridgehead atoms. The third-order valence-corrected chi connectivity index (χ3v) is 5.90. The normalized spacial score (nSPS) is 20.8. The number of fused-ring (bicyclic) bond motifs is 1. The van der Waals surface area contributed by atoms with Crippen molar-refractivity contribution < 1.29 is 9.90 Å². The van der Waals surface area contributed by atoms with Crippen LogP contribution in [0.4, 0.5) is 5.69 Å². The van der Waals surface area contributed by atoms with E-state index in [-0.39, 0.29) is 5.92 Å². The summed E-state index contributed by atoms with van der Waals surface area (Å²) in [6.07, 6.45) is 3.61. The Hall–Kier alpha value is -2.41. The second-order valence-electron chi connectivity index (χ2n) is 6.23. The lowest BCUT2D eigenvalue weighted by Crippen LogP contribution is -2.23. The van der Waals surface area contributed by atoms with Gasteiger partial charge in [-0.05, 0) is 30.0 Å². The Kier molecular flexibility index (Phi) is 3.53. The second-order valence-corrected chi connectivity index (χ2v) is 7.15. The number of aryl methyl sites for hydroxylation is 1. The van der Waals surface area contributed by atoms with E-state index in [0.717, 1.165) is 27.2 Å². The maximum atomic E-state index is 11.8. The summed E-state index contributed by atoms with van der Waals surface area (Å²) >= 11 is 1.65. The number of carbonyl (C=O) groups is 1. The summed E-state index contributed by atoms with van der Waals surface area (Å²) in [6, 6.07) is 3.98. The number of hydrogen-bond acceptors (Lipinski definition) is 5. The van der Waals surface area contributed by atoms with E-state index < -0.39 is 11.9 Å². The first-order chi connectivity index (χ1) is 11.6. The van der Waals surface area contributed by atoms with Gasteiger partial charge < -0.3 is 10.0 Å². The third-order valence-electron chi connectivity index (χ3n) is 4.97. The molecule has 0 spiro atoms. The molecule has 1 saturated heterocycles. The van der Waals surface area contributed by atoms with Crippen molar-refractivity contribution in [3.05, 3.63) is 41.2 Å². The Morgan fingerprint density at radius 3 is 2.92 bits per heavy atom. The van der Waals surface area contributed by atoms with Crippen LogP contribution in [0.15, 0.2) is 29.9 Å². The molecule has 2 atom stereocenters. The number of hydrogen-bond donors (Lipinski definition) is 1. The van der Waals surface area contributed by atoms with Crippen molar-refractivity contribution in [2.45, 2.75) is 12.8 Å². The summed E-state index contributed by atoms with van der Waals surface area (Å²) in [5, 5.41) is 16.0.